The maximum absolute atomic E-state index is 14.4. The van der Waals surface area contributed by atoms with Crippen LogP contribution in [-0.2, 0) is 13.5 Å². The van der Waals surface area contributed by atoms with E-state index in [2.05, 4.69) is 25.3 Å². The molecule has 1 N–H and O–H groups in total. The fraction of sp³-hybridized carbons (Fsp3) is 0.160. The van der Waals surface area contributed by atoms with E-state index in [9.17, 15) is 9.18 Å². The second kappa shape index (κ2) is 7.60. The Morgan fingerprint density at radius 1 is 1.11 bits per heavy atom. The minimum Gasteiger partial charge on any atom is -0.348 e. The Morgan fingerprint density at radius 2 is 2.03 bits per heavy atom. The first-order chi connectivity index (χ1) is 17.6. The molecule has 36 heavy (non-hydrogen) atoms. The van der Waals surface area contributed by atoms with Gasteiger partial charge in [0.2, 0.25) is 0 Å². The highest BCUT2D eigenvalue weighted by atomic mass is 19.1. The van der Waals surface area contributed by atoms with Crippen molar-refractivity contribution in [1.82, 2.24) is 43.9 Å². The first-order valence-corrected chi connectivity index (χ1v) is 11.5. The molecular formula is C25H20FN9O. The topological polar surface area (TPSA) is 101 Å². The van der Waals surface area contributed by atoms with Gasteiger partial charge in [0.25, 0.3) is 5.91 Å². The molecule has 1 unspecified atom stereocenters. The van der Waals surface area contributed by atoms with Gasteiger partial charge >= 0.3 is 0 Å². The van der Waals surface area contributed by atoms with E-state index in [0.29, 0.717) is 41.0 Å². The Kier molecular flexibility index (Phi) is 4.34. The van der Waals surface area contributed by atoms with Crippen LogP contribution in [-0.4, -0.2) is 56.3 Å². The zero-order valence-electron chi connectivity index (χ0n) is 19.2. The van der Waals surface area contributed by atoms with Crippen molar-refractivity contribution in [3.8, 4) is 11.3 Å². The summed E-state index contributed by atoms with van der Waals surface area (Å²) in [5.41, 5.74) is 5.44. The number of carbonyl (C=O) groups is 1. The number of aromatic amines is 1. The van der Waals surface area contributed by atoms with Crippen molar-refractivity contribution in [3.05, 3.63) is 96.0 Å². The molecule has 178 valence electrons. The molecule has 0 bridgehead atoms. The molecule has 1 amide bonds. The van der Waals surface area contributed by atoms with E-state index >= 15 is 0 Å². The zero-order valence-corrected chi connectivity index (χ0v) is 19.2. The lowest BCUT2D eigenvalue weighted by Crippen LogP contribution is -2.41. The van der Waals surface area contributed by atoms with Crippen LogP contribution < -0.4 is 0 Å². The summed E-state index contributed by atoms with van der Waals surface area (Å²) in [7, 11) is 1.87. The third-order valence-electron chi connectivity index (χ3n) is 6.69. The quantitative estimate of drug-likeness (QED) is 0.419. The third-order valence-corrected chi connectivity index (χ3v) is 6.69. The summed E-state index contributed by atoms with van der Waals surface area (Å²) in [6.07, 6.45) is 9.26. The van der Waals surface area contributed by atoms with Gasteiger partial charge in [-0.25, -0.2) is 18.4 Å². The van der Waals surface area contributed by atoms with E-state index in [1.54, 1.807) is 45.0 Å². The van der Waals surface area contributed by atoms with E-state index in [0.717, 1.165) is 17.0 Å². The number of aryl methyl sites for hydroxylation is 1. The van der Waals surface area contributed by atoms with E-state index in [1.807, 2.05) is 37.6 Å². The highest BCUT2D eigenvalue weighted by Gasteiger charge is 2.37. The van der Waals surface area contributed by atoms with Gasteiger partial charge in [-0.05, 0) is 36.4 Å². The molecule has 11 heteroatoms. The van der Waals surface area contributed by atoms with E-state index in [-0.39, 0.29) is 11.7 Å². The van der Waals surface area contributed by atoms with Gasteiger partial charge in [0, 0.05) is 49.9 Å². The number of pyridine rings is 2. The lowest BCUT2D eigenvalue weighted by Gasteiger charge is -2.33. The standard InChI is InChI=1S/C25H20FN9O/c1-32-9-6-18(30-32)15-4-5-21-16(12-29-35(21)13-15)25(36)33-10-7-19-23(28-14-27-19)24(33)20-11-22-17(26)3-2-8-34(22)31-20/h2-6,8-9,11-14,24H,7,10H2,1H3,(H,27,28). The maximum atomic E-state index is 14.4. The Labute approximate surface area is 203 Å². The van der Waals surface area contributed by atoms with Gasteiger partial charge in [-0.1, -0.05) is 0 Å². The number of halogens is 1. The predicted octanol–water partition coefficient (Wildman–Crippen LogP) is 3.03. The summed E-state index contributed by atoms with van der Waals surface area (Å²) >= 11 is 0. The van der Waals surface area contributed by atoms with Crippen molar-refractivity contribution in [2.75, 3.05) is 6.54 Å². The molecule has 10 nitrogen and oxygen atoms in total. The van der Waals surface area contributed by atoms with Crippen molar-refractivity contribution in [2.24, 2.45) is 7.05 Å². The maximum Gasteiger partial charge on any atom is 0.258 e. The fourth-order valence-electron chi connectivity index (χ4n) is 4.95. The summed E-state index contributed by atoms with van der Waals surface area (Å²) in [6, 6.07) is 9.84. The number of rotatable bonds is 3. The summed E-state index contributed by atoms with van der Waals surface area (Å²) in [5.74, 6) is -0.565. The monoisotopic (exact) mass is 481 g/mol. The zero-order chi connectivity index (χ0) is 24.4. The van der Waals surface area contributed by atoms with Crippen LogP contribution in [0.15, 0.2) is 67.5 Å². The molecule has 0 spiro atoms. The molecule has 0 saturated carbocycles. The van der Waals surface area contributed by atoms with E-state index in [4.69, 9.17) is 0 Å². The van der Waals surface area contributed by atoms with Crippen LogP contribution >= 0.6 is 0 Å². The van der Waals surface area contributed by atoms with Crippen LogP contribution in [0.2, 0.25) is 0 Å². The van der Waals surface area contributed by atoms with E-state index in [1.165, 1.54) is 10.6 Å². The number of H-pyrrole nitrogens is 1. The number of hydrogen-bond acceptors (Lipinski definition) is 5. The molecule has 0 saturated heterocycles. The largest absolute Gasteiger partial charge is 0.348 e. The van der Waals surface area contributed by atoms with Crippen LogP contribution in [0.3, 0.4) is 0 Å². The number of imidazole rings is 1. The van der Waals surface area contributed by atoms with Crippen LogP contribution in [0.4, 0.5) is 4.39 Å². The number of fused-ring (bicyclic) bond motifs is 3. The molecule has 0 fully saturated rings. The molecule has 0 aromatic carbocycles. The molecular weight excluding hydrogens is 461 g/mol. The number of amides is 1. The molecule has 6 aromatic heterocycles. The smallest absolute Gasteiger partial charge is 0.258 e. The third kappa shape index (κ3) is 3.05. The van der Waals surface area contributed by atoms with E-state index < -0.39 is 6.04 Å². The highest BCUT2D eigenvalue weighted by Crippen LogP contribution is 2.35. The van der Waals surface area contributed by atoms with Crippen LogP contribution in [0.5, 0.6) is 0 Å². The molecule has 0 radical (unpaired) electrons. The number of carbonyl (C=O) groups excluding carboxylic acids is 1. The number of nitrogens with one attached hydrogen (secondary N) is 1. The van der Waals surface area contributed by atoms with Gasteiger partial charge in [-0.3, -0.25) is 9.48 Å². The molecule has 0 aliphatic carbocycles. The summed E-state index contributed by atoms with van der Waals surface area (Å²) in [6.45, 7) is 0.457. The van der Waals surface area contributed by atoms with Crippen LogP contribution in [0.25, 0.3) is 22.3 Å². The Morgan fingerprint density at radius 3 is 2.86 bits per heavy atom. The highest BCUT2D eigenvalue weighted by molar-refractivity contribution is 6.01. The normalized spacial score (nSPS) is 15.6. The minimum atomic E-state index is -0.561. The van der Waals surface area contributed by atoms with Crippen molar-refractivity contribution in [1.29, 1.82) is 0 Å². The van der Waals surface area contributed by atoms with Gasteiger partial charge in [-0.2, -0.15) is 15.3 Å². The lowest BCUT2D eigenvalue weighted by molar-refractivity contribution is 0.0689. The minimum absolute atomic E-state index is 0.188. The Hall–Kier alpha value is -4.80. The first kappa shape index (κ1) is 20.6. The average Bonchev–Trinajstić information content (AvgIpc) is 3.68. The SMILES string of the molecule is Cn1ccc(-c2ccc3c(C(=O)N4CCc5[nH]cnc5C4c4cc5c(F)cccn5n4)cnn3c2)n1. The second-order valence-corrected chi connectivity index (χ2v) is 8.85. The van der Waals surface area contributed by atoms with Crippen molar-refractivity contribution < 1.29 is 9.18 Å². The Balaban J connectivity index is 1.31. The van der Waals surface area contributed by atoms with Crippen LogP contribution in [0, 0.1) is 5.82 Å². The molecule has 7 heterocycles. The van der Waals surface area contributed by atoms with Gasteiger partial charge < -0.3 is 9.88 Å². The van der Waals surface area contributed by atoms with Crippen LogP contribution in [0.1, 0.15) is 33.5 Å². The number of hydrogen-bond donors (Lipinski definition) is 1. The average molecular weight is 481 g/mol. The van der Waals surface area contributed by atoms with Crippen molar-refractivity contribution in [3.63, 3.8) is 0 Å². The molecule has 6 aromatic rings. The van der Waals surface area contributed by atoms with Gasteiger partial charge in [0.15, 0.2) is 0 Å². The molecule has 1 atom stereocenters. The number of aromatic nitrogens is 8. The molecule has 1 aliphatic heterocycles. The lowest BCUT2D eigenvalue weighted by atomic mass is 9.98. The summed E-state index contributed by atoms with van der Waals surface area (Å²) in [4.78, 5) is 23.4. The first-order valence-electron chi connectivity index (χ1n) is 11.5. The second-order valence-electron chi connectivity index (χ2n) is 8.85. The van der Waals surface area contributed by atoms with Crippen molar-refractivity contribution in [2.45, 2.75) is 12.5 Å². The van der Waals surface area contributed by atoms with Gasteiger partial charge in [-0.15, -0.1) is 0 Å². The summed E-state index contributed by atoms with van der Waals surface area (Å²) in [5, 5.41) is 13.5. The summed E-state index contributed by atoms with van der Waals surface area (Å²) < 4.78 is 19.4. The molecule has 1 aliphatic rings. The Bertz CT molecular complexity index is 1770. The number of nitrogens with zero attached hydrogens (tertiary/aromatic N) is 8. The fourth-order valence-corrected chi connectivity index (χ4v) is 4.95. The van der Waals surface area contributed by atoms with Crippen molar-refractivity contribution >= 4 is 16.9 Å². The predicted molar refractivity (Wildman–Crippen MR) is 128 cm³/mol. The molecule has 7 rings (SSSR count). The van der Waals surface area contributed by atoms with Gasteiger partial charge in [0.05, 0.1) is 40.7 Å². The van der Waals surface area contributed by atoms with Gasteiger partial charge in [0.1, 0.15) is 17.4 Å².